The maximum atomic E-state index is 13.1. The van der Waals surface area contributed by atoms with Crippen molar-refractivity contribution in [1.29, 1.82) is 0 Å². The number of benzene rings is 1. The number of carbonyl (C=O) groups excluding carboxylic acids is 2. The van der Waals surface area contributed by atoms with Crippen LogP contribution in [0.3, 0.4) is 0 Å². The number of sulfone groups is 1. The Morgan fingerprint density at radius 1 is 1.11 bits per heavy atom. The second-order valence-corrected chi connectivity index (χ2v) is 9.32. The zero-order chi connectivity index (χ0) is 20.3. The first-order valence-electron chi connectivity index (χ1n) is 8.73. The van der Waals surface area contributed by atoms with Crippen LogP contribution in [-0.2, 0) is 16.4 Å². The molecule has 2 amide bonds. The number of nitrogens with zero attached hydrogens (tertiary/aromatic N) is 3. The number of hydrogen-bond acceptors (Lipinski definition) is 5. The van der Waals surface area contributed by atoms with Gasteiger partial charge in [0, 0.05) is 35.6 Å². The first kappa shape index (κ1) is 20.3. The molecule has 2 aromatic rings. The van der Waals surface area contributed by atoms with Gasteiger partial charge in [0.25, 0.3) is 0 Å². The summed E-state index contributed by atoms with van der Waals surface area (Å²) < 4.78 is 23.3. The average molecular weight is 422 g/mol. The number of hydrogen-bond donors (Lipinski definition) is 0. The fraction of sp³-hybridized carbons (Fsp3) is 0.316. The Morgan fingerprint density at radius 3 is 2.29 bits per heavy atom. The minimum Gasteiger partial charge on any atom is -0.322 e. The van der Waals surface area contributed by atoms with Crippen LogP contribution in [0.5, 0.6) is 0 Å². The van der Waals surface area contributed by atoms with E-state index in [1.165, 1.54) is 22.9 Å². The molecule has 2 heterocycles. The van der Waals surface area contributed by atoms with Crippen LogP contribution in [0.15, 0.2) is 42.6 Å². The van der Waals surface area contributed by atoms with E-state index >= 15 is 0 Å². The Bertz CT molecular complexity index is 961. The largest absolute Gasteiger partial charge is 0.324 e. The van der Waals surface area contributed by atoms with Crippen molar-refractivity contribution in [3.8, 4) is 0 Å². The summed E-state index contributed by atoms with van der Waals surface area (Å²) in [7, 11) is -3.09. The third-order valence-corrected chi connectivity index (χ3v) is 6.40. The lowest BCUT2D eigenvalue weighted by Gasteiger charge is -2.33. The molecule has 1 fully saturated rings. The average Bonchev–Trinajstić information content (AvgIpc) is 2.67. The molecule has 148 valence electrons. The van der Waals surface area contributed by atoms with Gasteiger partial charge in [-0.1, -0.05) is 11.6 Å². The van der Waals surface area contributed by atoms with Crippen LogP contribution in [0.2, 0.25) is 5.02 Å². The fourth-order valence-corrected chi connectivity index (χ4v) is 4.18. The van der Waals surface area contributed by atoms with Crippen molar-refractivity contribution >= 4 is 38.9 Å². The number of Topliss-reactive ketones (excluding diaryl/α,β-unsaturated/α-hetero) is 1. The summed E-state index contributed by atoms with van der Waals surface area (Å²) in [6, 6.07) is 9.90. The second kappa shape index (κ2) is 8.28. The first-order chi connectivity index (χ1) is 13.2. The van der Waals surface area contributed by atoms with Gasteiger partial charge in [-0.25, -0.2) is 13.2 Å². The van der Waals surface area contributed by atoms with Crippen molar-refractivity contribution in [2.24, 2.45) is 0 Å². The highest BCUT2D eigenvalue weighted by Crippen LogP contribution is 2.22. The Hall–Kier alpha value is -2.45. The Labute approximate surface area is 168 Å². The van der Waals surface area contributed by atoms with Gasteiger partial charge in [0.1, 0.15) is 0 Å². The minimum atomic E-state index is -3.09. The molecule has 1 aromatic carbocycles. The summed E-state index contributed by atoms with van der Waals surface area (Å²) in [4.78, 5) is 31.9. The molecule has 9 heteroatoms. The third-order valence-electron chi connectivity index (χ3n) is 4.54. The molecule has 1 aromatic heterocycles. The number of amides is 2. The molecule has 28 heavy (non-hydrogen) atoms. The van der Waals surface area contributed by atoms with E-state index in [1.807, 2.05) is 0 Å². The topological polar surface area (TPSA) is 87.7 Å². The summed E-state index contributed by atoms with van der Waals surface area (Å²) >= 11 is 5.96. The zero-order valence-corrected chi connectivity index (χ0v) is 16.9. The van der Waals surface area contributed by atoms with Gasteiger partial charge in [-0.05, 0) is 43.3 Å². The normalized spacial score (nSPS) is 15.9. The molecule has 0 aliphatic carbocycles. The van der Waals surface area contributed by atoms with Crippen molar-refractivity contribution in [3.63, 3.8) is 0 Å². The van der Waals surface area contributed by atoms with Gasteiger partial charge in [-0.15, -0.1) is 0 Å². The second-order valence-electron chi connectivity index (χ2n) is 6.58. The number of carbonyl (C=O) groups is 2. The van der Waals surface area contributed by atoms with Gasteiger partial charge >= 0.3 is 6.03 Å². The van der Waals surface area contributed by atoms with Crippen molar-refractivity contribution < 1.29 is 18.0 Å². The van der Waals surface area contributed by atoms with E-state index in [0.29, 0.717) is 22.0 Å². The van der Waals surface area contributed by atoms with E-state index in [4.69, 9.17) is 11.6 Å². The van der Waals surface area contributed by atoms with Crippen LogP contribution in [0.1, 0.15) is 23.0 Å². The molecule has 0 N–H and O–H groups in total. The van der Waals surface area contributed by atoms with E-state index in [9.17, 15) is 18.0 Å². The van der Waals surface area contributed by atoms with E-state index in [0.717, 1.165) is 0 Å². The van der Waals surface area contributed by atoms with Crippen LogP contribution in [0.25, 0.3) is 0 Å². The molecular weight excluding hydrogens is 402 g/mol. The number of rotatable bonds is 4. The summed E-state index contributed by atoms with van der Waals surface area (Å²) in [6.45, 7) is 1.95. The van der Waals surface area contributed by atoms with Crippen molar-refractivity contribution in [3.05, 3.63) is 58.9 Å². The molecule has 0 saturated carbocycles. The SMILES string of the molecule is CC(=O)c1ccc(CN(C(=O)N2CCS(=O)(=O)CC2)c2ccc(Cl)cc2)nc1. The summed E-state index contributed by atoms with van der Waals surface area (Å²) in [5.74, 6) is -0.170. The van der Waals surface area contributed by atoms with E-state index < -0.39 is 9.84 Å². The number of halogens is 1. The number of pyridine rings is 1. The highest BCUT2D eigenvalue weighted by atomic mass is 35.5. The molecule has 0 radical (unpaired) electrons. The standard InChI is InChI=1S/C19H20ClN3O4S/c1-14(24)15-2-5-17(21-12-15)13-23(18-6-3-16(20)4-7-18)19(25)22-8-10-28(26,27)11-9-22/h2-7,12H,8-11,13H2,1H3. The maximum absolute atomic E-state index is 13.1. The fourth-order valence-electron chi connectivity index (χ4n) is 2.85. The molecular formula is C19H20ClN3O4S. The highest BCUT2D eigenvalue weighted by Gasteiger charge is 2.29. The smallest absolute Gasteiger partial charge is 0.322 e. The molecule has 0 spiro atoms. The van der Waals surface area contributed by atoms with Crippen molar-refractivity contribution in [2.75, 3.05) is 29.5 Å². The highest BCUT2D eigenvalue weighted by molar-refractivity contribution is 7.91. The molecule has 1 saturated heterocycles. The minimum absolute atomic E-state index is 0.0429. The third kappa shape index (κ3) is 4.88. The Kier molecular flexibility index (Phi) is 6.00. The molecule has 0 unspecified atom stereocenters. The summed E-state index contributed by atoms with van der Waals surface area (Å²) in [5.41, 5.74) is 1.73. The van der Waals surface area contributed by atoms with Gasteiger partial charge in [0.2, 0.25) is 0 Å². The lowest BCUT2D eigenvalue weighted by atomic mass is 10.2. The van der Waals surface area contributed by atoms with E-state index in [-0.39, 0.29) is 43.0 Å². The van der Waals surface area contributed by atoms with Crippen LogP contribution in [0.4, 0.5) is 10.5 Å². The quantitative estimate of drug-likeness (QED) is 0.708. The number of urea groups is 1. The molecule has 0 atom stereocenters. The van der Waals surface area contributed by atoms with Gasteiger partial charge in [0.15, 0.2) is 15.6 Å². The van der Waals surface area contributed by atoms with Crippen LogP contribution < -0.4 is 4.90 Å². The van der Waals surface area contributed by atoms with Gasteiger partial charge in [-0.2, -0.15) is 0 Å². The molecule has 7 nitrogen and oxygen atoms in total. The predicted octanol–water partition coefficient (Wildman–Crippen LogP) is 2.79. The Balaban J connectivity index is 1.85. The van der Waals surface area contributed by atoms with Gasteiger partial charge < -0.3 is 4.90 Å². The molecule has 0 bridgehead atoms. The summed E-state index contributed by atoms with van der Waals surface area (Å²) in [5, 5.41) is 0.546. The lowest BCUT2D eigenvalue weighted by molar-refractivity contribution is 0.101. The Morgan fingerprint density at radius 2 is 1.75 bits per heavy atom. The maximum Gasteiger partial charge on any atom is 0.324 e. The molecule has 3 rings (SSSR count). The molecule has 1 aliphatic rings. The van der Waals surface area contributed by atoms with Gasteiger partial charge in [-0.3, -0.25) is 14.7 Å². The van der Waals surface area contributed by atoms with Crippen molar-refractivity contribution in [1.82, 2.24) is 9.88 Å². The number of aromatic nitrogens is 1. The number of ketones is 1. The van der Waals surface area contributed by atoms with E-state index in [2.05, 4.69) is 4.98 Å². The van der Waals surface area contributed by atoms with Crippen LogP contribution in [-0.4, -0.2) is 54.7 Å². The summed E-state index contributed by atoms with van der Waals surface area (Å²) in [6.07, 6.45) is 1.48. The molecule has 1 aliphatic heterocycles. The zero-order valence-electron chi connectivity index (χ0n) is 15.3. The van der Waals surface area contributed by atoms with Crippen LogP contribution in [0, 0.1) is 0 Å². The predicted molar refractivity (Wildman–Crippen MR) is 107 cm³/mol. The van der Waals surface area contributed by atoms with Crippen LogP contribution >= 0.6 is 11.6 Å². The lowest BCUT2D eigenvalue weighted by Crippen LogP contribution is -2.49. The van der Waals surface area contributed by atoms with Crippen molar-refractivity contribution in [2.45, 2.75) is 13.5 Å². The van der Waals surface area contributed by atoms with Gasteiger partial charge in [0.05, 0.1) is 23.7 Å². The number of anilines is 1. The monoisotopic (exact) mass is 421 g/mol. The van der Waals surface area contributed by atoms with E-state index in [1.54, 1.807) is 36.4 Å². The first-order valence-corrected chi connectivity index (χ1v) is 10.9.